The average Bonchev–Trinajstić information content (AvgIpc) is 2.82. The fraction of sp³-hybridized carbons (Fsp3) is 0. The van der Waals surface area contributed by atoms with E-state index in [4.69, 9.17) is 10.2 Å². The Morgan fingerprint density at radius 2 is 2.25 bits per heavy atom. The van der Waals surface area contributed by atoms with Crippen LogP contribution in [0.2, 0.25) is 0 Å². The Hall–Kier alpha value is -1.75. The summed E-state index contributed by atoms with van der Waals surface area (Å²) in [6.07, 6.45) is 5.33. The molecule has 2 N–H and O–H groups in total. The van der Waals surface area contributed by atoms with Crippen molar-refractivity contribution in [2.24, 2.45) is 0 Å². The number of hydrogen-bond donors (Lipinski definition) is 1. The van der Waals surface area contributed by atoms with E-state index in [1.165, 1.54) is 0 Å². The summed E-state index contributed by atoms with van der Waals surface area (Å²) in [6, 6.07) is 5.54. The first kappa shape index (κ1) is 9.47. The number of fused-ring (bicyclic) bond motifs is 1. The predicted octanol–water partition coefficient (Wildman–Crippen LogP) is 2.94. The summed E-state index contributed by atoms with van der Waals surface area (Å²) >= 11 is 3.43. The molecule has 0 unspecified atom stereocenters. The number of hydrogen-bond acceptors (Lipinski definition) is 3. The zero-order valence-electron chi connectivity index (χ0n) is 8.22. The fourth-order valence-electron chi connectivity index (χ4n) is 1.62. The Bertz CT molecular complexity index is 643. The number of imidazole rings is 1. The molecule has 16 heavy (non-hydrogen) atoms. The van der Waals surface area contributed by atoms with Crippen molar-refractivity contribution in [3.63, 3.8) is 0 Å². The van der Waals surface area contributed by atoms with Crippen molar-refractivity contribution in [1.82, 2.24) is 9.38 Å². The van der Waals surface area contributed by atoms with Crippen LogP contribution >= 0.6 is 15.9 Å². The summed E-state index contributed by atoms with van der Waals surface area (Å²) < 4.78 is 8.04. The molecule has 0 saturated carbocycles. The van der Waals surface area contributed by atoms with Gasteiger partial charge in [-0.15, -0.1) is 0 Å². The van der Waals surface area contributed by atoms with Crippen LogP contribution in [0.15, 0.2) is 45.7 Å². The molecule has 4 nitrogen and oxygen atoms in total. The largest absolute Gasteiger partial charge is 0.463 e. The van der Waals surface area contributed by atoms with Crippen molar-refractivity contribution in [3.8, 4) is 11.5 Å². The topological polar surface area (TPSA) is 56.5 Å². The van der Waals surface area contributed by atoms with E-state index >= 15 is 0 Å². The number of pyridine rings is 1. The highest BCUT2D eigenvalue weighted by atomic mass is 79.9. The summed E-state index contributed by atoms with van der Waals surface area (Å²) in [7, 11) is 0. The first-order valence-electron chi connectivity index (χ1n) is 4.71. The Kier molecular flexibility index (Phi) is 2.00. The molecule has 0 spiro atoms. The second-order valence-corrected chi connectivity index (χ2v) is 4.31. The summed E-state index contributed by atoms with van der Waals surface area (Å²) in [5.74, 6) is 0.745. The Morgan fingerprint density at radius 3 is 3.00 bits per heavy atom. The minimum atomic E-state index is 0.683. The highest BCUT2D eigenvalue weighted by molar-refractivity contribution is 9.10. The number of nitrogens with zero attached hydrogens (tertiary/aromatic N) is 2. The van der Waals surface area contributed by atoms with E-state index in [-0.39, 0.29) is 0 Å². The second kappa shape index (κ2) is 3.38. The van der Waals surface area contributed by atoms with E-state index in [1.54, 1.807) is 6.26 Å². The highest BCUT2D eigenvalue weighted by Crippen LogP contribution is 2.25. The molecule has 3 aromatic rings. The van der Waals surface area contributed by atoms with Gasteiger partial charge in [-0.25, -0.2) is 4.98 Å². The molecule has 0 atom stereocenters. The van der Waals surface area contributed by atoms with Crippen LogP contribution in [0.5, 0.6) is 0 Å². The van der Waals surface area contributed by atoms with Crippen LogP contribution in [0, 0.1) is 0 Å². The summed E-state index contributed by atoms with van der Waals surface area (Å²) in [6.45, 7) is 0. The van der Waals surface area contributed by atoms with Gasteiger partial charge in [-0.3, -0.25) is 0 Å². The monoisotopic (exact) mass is 277 g/mol. The van der Waals surface area contributed by atoms with Crippen LogP contribution in [0.25, 0.3) is 17.1 Å². The van der Waals surface area contributed by atoms with Gasteiger partial charge >= 0.3 is 0 Å². The SMILES string of the molecule is Nc1cc(Br)c2nc(-c3ccco3)cn2c1. The maximum absolute atomic E-state index is 5.75. The maximum atomic E-state index is 5.75. The van der Waals surface area contributed by atoms with Crippen LogP contribution in [-0.4, -0.2) is 9.38 Å². The highest BCUT2D eigenvalue weighted by Gasteiger charge is 2.09. The summed E-state index contributed by atoms with van der Waals surface area (Å²) in [5.41, 5.74) is 8.04. The summed E-state index contributed by atoms with van der Waals surface area (Å²) in [5, 5.41) is 0. The molecule has 80 valence electrons. The quantitative estimate of drug-likeness (QED) is 0.744. The normalized spacial score (nSPS) is 11.1. The number of rotatable bonds is 1. The Balaban J connectivity index is 2.27. The molecule has 3 rings (SSSR count). The van der Waals surface area contributed by atoms with Crippen LogP contribution in [0.4, 0.5) is 5.69 Å². The van der Waals surface area contributed by atoms with Gasteiger partial charge < -0.3 is 14.6 Å². The van der Waals surface area contributed by atoms with Gasteiger partial charge in [-0.2, -0.15) is 0 Å². The smallest absolute Gasteiger partial charge is 0.153 e. The molecule has 0 radical (unpaired) electrons. The average molecular weight is 278 g/mol. The third-order valence-corrected chi connectivity index (χ3v) is 2.88. The van der Waals surface area contributed by atoms with Crippen molar-refractivity contribution >= 4 is 27.3 Å². The van der Waals surface area contributed by atoms with E-state index in [0.717, 1.165) is 21.6 Å². The van der Waals surface area contributed by atoms with Gasteiger partial charge in [0.1, 0.15) is 5.69 Å². The number of furan rings is 1. The molecule has 5 heteroatoms. The molecule has 0 aliphatic heterocycles. The molecule has 3 heterocycles. The zero-order chi connectivity index (χ0) is 11.1. The van der Waals surface area contributed by atoms with E-state index in [9.17, 15) is 0 Å². The predicted molar refractivity (Wildman–Crippen MR) is 65.0 cm³/mol. The van der Waals surface area contributed by atoms with E-state index in [0.29, 0.717) is 5.69 Å². The van der Waals surface area contributed by atoms with Crippen molar-refractivity contribution in [3.05, 3.63) is 41.3 Å². The van der Waals surface area contributed by atoms with E-state index in [2.05, 4.69) is 20.9 Å². The number of anilines is 1. The van der Waals surface area contributed by atoms with Crippen molar-refractivity contribution < 1.29 is 4.42 Å². The number of nitrogens with two attached hydrogens (primary N) is 1. The molecule has 0 bridgehead atoms. The van der Waals surface area contributed by atoms with Gasteiger partial charge in [0.15, 0.2) is 11.4 Å². The van der Waals surface area contributed by atoms with Gasteiger partial charge in [-0.05, 0) is 34.1 Å². The minimum Gasteiger partial charge on any atom is -0.463 e. The van der Waals surface area contributed by atoms with Gasteiger partial charge in [0.05, 0.1) is 10.7 Å². The van der Waals surface area contributed by atoms with Gasteiger partial charge in [0, 0.05) is 18.1 Å². The molecular weight excluding hydrogens is 270 g/mol. The first-order chi connectivity index (χ1) is 7.74. The molecule has 3 aromatic heterocycles. The van der Waals surface area contributed by atoms with Crippen LogP contribution in [0.3, 0.4) is 0 Å². The molecule has 0 aliphatic rings. The minimum absolute atomic E-state index is 0.683. The molecule has 0 aliphatic carbocycles. The number of nitrogen functional groups attached to an aromatic ring is 1. The number of halogens is 1. The molecule has 0 aromatic carbocycles. The zero-order valence-corrected chi connectivity index (χ0v) is 9.81. The van der Waals surface area contributed by atoms with Crippen molar-refractivity contribution in [2.75, 3.05) is 5.73 Å². The Morgan fingerprint density at radius 1 is 1.38 bits per heavy atom. The van der Waals surface area contributed by atoms with Crippen LogP contribution < -0.4 is 5.73 Å². The van der Waals surface area contributed by atoms with Gasteiger partial charge in [0.2, 0.25) is 0 Å². The molecule has 0 amide bonds. The van der Waals surface area contributed by atoms with Gasteiger partial charge in [-0.1, -0.05) is 0 Å². The van der Waals surface area contributed by atoms with Crippen molar-refractivity contribution in [2.45, 2.75) is 0 Å². The third-order valence-electron chi connectivity index (χ3n) is 2.30. The molecule has 0 fully saturated rings. The Labute approximate surface area is 99.8 Å². The molecule has 0 saturated heterocycles. The lowest BCUT2D eigenvalue weighted by molar-refractivity contribution is 0.580. The van der Waals surface area contributed by atoms with Gasteiger partial charge in [0.25, 0.3) is 0 Å². The number of aromatic nitrogens is 2. The third kappa shape index (κ3) is 1.40. The van der Waals surface area contributed by atoms with Crippen LogP contribution in [0.1, 0.15) is 0 Å². The van der Waals surface area contributed by atoms with E-state index < -0.39 is 0 Å². The molecular formula is C11H8BrN3O. The fourth-order valence-corrected chi connectivity index (χ4v) is 2.18. The second-order valence-electron chi connectivity index (χ2n) is 3.46. The standard InChI is InChI=1S/C11H8BrN3O/c12-8-4-7(13)5-15-6-9(14-11(8)15)10-2-1-3-16-10/h1-6H,13H2. The lowest BCUT2D eigenvalue weighted by atomic mass is 10.4. The maximum Gasteiger partial charge on any atom is 0.153 e. The van der Waals surface area contributed by atoms with Crippen LogP contribution in [-0.2, 0) is 0 Å². The lowest BCUT2D eigenvalue weighted by Gasteiger charge is -1.97. The lowest BCUT2D eigenvalue weighted by Crippen LogP contribution is -1.90. The van der Waals surface area contributed by atoms with E-state index in [1.807, 2.05) is 35.0 Å². The first-order valence-corrected chi connectivity index (χ1v) is 5.51. The van der Waals surface area contributed by atoms with Crippen molar-refractivity contribution in [1.29, 1.82) is 0 Å². The summed E-state index contributed by atoms with van der Waals surface area (Å²) in [4.78, 5) is 4.46.